The number of aliphatic hydroxyl groups excluding tert-OH is 6. The molecule has 8 atom stereocenters. The lowest BCUT2D eigenvalue weighted by molar-refractivity contribution is -0.302. The van der Waals surface area contributed by atoms with Crippen LogP contribution in [0.1, 0.15) is 162 Å². The predicted molar refractivity (Wildman–Crippen MR) is 199 cm³/mol. The lowest BCUT2D eigenvalue weighted by atomic mass is 9.99. The maximum absolute atomic E-state index is 12.9. The zero-order valence-corrected chi connectivity index (χ0v) is 31.5. The van der Waals surface area contributed by atoms with Gasteiger partial charge in [-0.05, 0) is 32.1 Å². The number of carbonyl (C=O) groups excluding carboxylic acids is 1. The van der Waals surface area contributed by atoms with Gasteiger partial charge in [0, 0.05) is 0 Å². The van der Waals surface area contributed by atoms with Crippen LogP contribution in [-0.4, -0.2) is 98.7 Å². The van der Waals surface area contributed by atoms with Gasteiger partial charge in [-0.1, -0.05) is 154 Å². The molecular formula is C40H75NO9. The molecule has 0 spiro atoms. The van der Waals surface area contributed by atoms with Crippen molar-refractivity contribution >= 4 is 5.91 Å². The number of carbonyl (C=O) groups is 1. The summed E-state index contributed by atoms with van der Waals surface area (Å²) in [5.41, 5.74) is 0. The summed E-state index contributed by atoms with van der Waals surface area (Å²) >= 11 is 0. The molecule has 1 aliphatic heterocycles. The van der Waals surface area contributed by atoms with Crippen LogP contribution in [-0.2, 0) is 14.3 Å². The van der Waals surface area contributed by atoms with Gasteiger partial charge in [0.05, 0.1) is 25.4 Å². The Bertz CT molecular complexity index is 855. The number of nitrogens with one attached hydrogen (secondary N) is 1. The van der Waals surface area contributed by atoms with Crippen LogP contribution in [0.4, 0.5) is 0 Å². The van der Waals surface area contributed by atoms with E-state index >= 15 is 0 Å². The number of allylic oxidation sites excluding steroid dienone is 3. The molecule has 0 aliphatic carbocycles. The number of hydrogen-bond acceptors (Lipinski definition) is 9. The molecule has 1 aliphatic rings. The summed E-state index contributed by atoms with van der Waals surface area (Å²) in [5.74, 6) is -0.628. The highest BCUT2D eigenvalue weighted by atomic mass is 16.7. The van der Waals surface area contributed by atoms with Gasteiger partial charge in [0.15, 0.2) is 6.29 Å². The minimum absolute atomic E-state index is 0.306. The second-order valence-corrected chi connectivity index (χ2v) is 14.2. The second-order valence-electron chi connectivity index (χ2n) is 14.2. The van der Waals surface area contributed by atoms with Crippen molar-refractivity contribution in [1.82, 2.24) is 5.32 Å². The molecule has 50 heavy (non-hydrogen) atoms. The molecular weight excluding hydrogens is 638 g/mol. The molecule has 1 heterocycles. The molecule has 0 aromatic rings. The van der Waals surface area contributed by atoms with E-state index in [2.05, 4.69) is 31.3 Å². The first-order valence-electron chi connectivity index (χ1n) is 20.2. The minimum Gasteiger partial charge on any atom is -0.394 e. The molecule has 10 nitrogen and oxygen atoms in total. The number of ether oxygens (including phenoxy) is 2. The van der Waals surface area contributed by atoms with Crippen molar-refractivity contribution in [2.45, 2.75) is 210 Å². The summed E-state index contributed by atoms with van der Waals surface area (Å²) in [4.78, 5) is 12.9. The zero-order valence-electron chi connectivity index (χ0n) is 31.5. The van der Waals surface area contributed by atoms with Gasteiger partial charge in [0.1, 0.15) is 30.5 Å². The van der Waals surface area contributed by atoms with Crippen molar-refractivity contribution < 1.29 is 44.9 Å². The van der Waals surface area contributed by atoms with E-state index in [4.69, 9.17) is 9.47 Å². The first-order chi connectivity index (χ1) is 24.3. The third-order valence-electron chi connectivity index (χ3n) is 9.64. The Kier molecular flexibility index (Phi) is 29.1. The van der Waals surface area contributed by atoms with E-state index in [1.165, 1.54) is 96.3 Å². The van der Waals surface area contributed by atoms with E-state index in [1.807, 2.05) is 6.08 Å². The molecule has 0 saturated carbocycles. The van der Waals surface area contributed by atoms with E-state index in [0.29, 0.717) is 19.3 Å². The predicted octanol–water partition coefficient (Wildman–Crippen LogP) is 6.13. The van der Waals surface area contributed by atoms with Crippen molar-refractivity contribution in [2.24, 2.45) is 0 Å². The number of aliphatic hydroxyl groups is 6. The molecule has 0 aromatic carbocycles. The normalized spacial score (nSPS) is 23.1. The van der Waals surface area contributed by atoms with Crippen LogP contribution >= 0.6 is 0 Å². The van der Waals surface area contributed by atoms with Gasteiger partial charge in [-0.3, -0.25) is 4.79 Å². The summed E-state index contributed by atoms with van der Waals surface area (Å²) in [6, 6.07) is -0.990. The van der Waals surface area contributed by atoms with Crippen LogP contribution in [0.15, 0.2) is 24.3 Å². The minimum atomic E-state index is -1.61. The quantitative estimate of drug-likeness (QED) is 0.0320. The first-order valence-corrected chi connectivity index (χ1v) is 20.2. The molecule has 1 saturated heterocycles. The smallest absolute Gasteiger partial charge is 0.249 e. The van der Waals surface area contributed by atoms with Gasteiger partial charge >= 0.3 is 0 Å². The van der Waals surface area contributed by atoms with Crippen molar-refractivity contribution in [3.8, 4) is 0 Å². The highest BCUT2D eigenvalue weighted by Crippen LogP contribution is 2.22. The highest BCUT2D eigenvalue weighted by molar-refractivity contribution is 5.80. The molecule has 1 amide bonds. The van der Waals surface area contributed by atoms with Crippen LogP contribution in [0.3, 0.4) is 0 Å². The lowest BCUT2D eigenvalue weighted by Gasteiger charge is -2.40. The van der Waals surface area contributed by atoms with Crippen molar-refractivity contribution in [1.29, 1.82) is 0 Å². The molecule has 10 heteroatoms. The van der Waals surface area contributed by atoms with Crippen LogP contribution in [0.25, 0.3) is 0 Å². The molecule has 1 fully saturated rings. The summed E-state index contributed by atoms with van der Waals surface area (Å²) in [6.45, 7) is 3.54. The van der Waals surface area contributed by atoms with Gasteiger partial charge in [0.2, 0.25) is 5.91 Å². The Hall–Kier alpha value is -1.37. The van der Waals surface area contributed by atoms with Gasteiger partial charge < -0.3 is 45.4 Å². The molecule has 0 aromatic heterocycles. The summed E-state index contributed by atoms with van der Waals surface area (Å²) in [5, 5.41) is 64.3. The molecule has 1 unspecified atom stereocenters. The van der Waals surface area contributed by atoms with Crippen LogP contribution in [0.5, 0.6) is 0 Å². The molecule has 0 radical (unpaired) electrons. The van der Waals surface area contributed by atoms with Gasteiger partial charge in [-0.15, -0.1) is 0 Å². The monoisotopic (exact) mass is 714 g/mol. The number of unbranched alkanes of at least 4 members (excludes halogenated alkanes) is 19. The maximum Gasteiger partial charge on any atom is 0.249 e. The fourth-order valence-electron chi connectivity index (χ4n) is 6.24. The third-order valence-corrected chi connectivity index (χ3v) is 9.64. The molecule has 1 rings (SSSR count). The third kappa shape index (κ3) is 21.9. The van der Waals surface area contributed by atoms with Gasteiger partial charge in [0.25, 0.3) is 0 Å². The Morgan fingerprint density at radius 3 is 1.74 bits per heavy atom. The largest absolute Gasteiger partial charge is 0.394 e. The van der Waals surface area contributed by atoms with E-state index < -0.39 is 61.5 Å². The van der Waals surface area contributed by atoms with Crippen molar-refractivity contribution in [3.05, 3.63) is 24.3 Å². The molecule has 7 N–H and O–H groups in total. The van der Waals surface area contributed by atoms with E-state index in [9.17, 15) is 35.4 Å². The first kappa shape index (κ1) is 46.7. The second kappa shape index (κ2) is 31.2. The standard InChI is InChI=1S/C40H75NO9/c1-3-5-7-9-11-13-15-17-19-20-22-24-26-28-33(43)32(31-49-40-38(47)37(46)36(45)35(30-42)50-40)41-39(48)34(44)29-27-25-23-21-18-16-14-12-10-8-6-4-2/h19-20,26,28,32-38,40,42-47H,3-18,21-25,27,29-31H2,1-2H3,(H,41,48)/b20-19+,28-26+/t32-,33?,34+,35+,36+,37-,38+,40+/m0/s1. The van der Waals surface area contributed by atoms with Gasteiger partial charge in [-0.25, -0.2) is 0 Å². The Balaban J connectivity index is 2.54. The maximum atomic E-state index is 12.9. The number of rotatable bonds is 32. The van der Waals surface area contributed by atoms with Crippen LogP contribution < -0.4 is 5.32 Å². The van der Waals surface area contributed by atoms with Crippen LogP contribution in [0, 0.1) is 0 Å². The van der Waals surface area contributed by atoms with E-state index in [-0.39, 0.29) is 6.61 Å². The lowest BCUT2D eigenvalue weighted by Crippen LogP contribution is -2.60. The molecule has 0 bridgehead atoms. The zero-order chi connectivity index (χ0) is 36.8. The summed E-state index contributed by atoms with van der Waals surface area (Å²) in [6.07, 6.45) is 24.1. The SMILES string of the molecule is CCCCCCCCC/C=C/CC/C=C/C(O)[C@H](CO[C@@H]1O[C@H](CO)[C@@H](O)[C@H](O)[C@H]1O)NC(=O)[C@H](O)CCCCCCCCCCCCCC. The highest BCUT2D eigenvalue weighted by Gasteiger charge is 2.44. The molecule has 294 valence electrons. The Labute approximate surface area is 303 Å². The van der Waals surface area contributed by atoms with Crippen molar-refractivity contribution in [3.63, 3.8) is 0 Å². The number of hydrogen-bond donors (Lipinski definition) is 7. The Morgan fingerprint density at radius 1 is 0.680 bits per heavy atom. The van der Waals surface area contributed by atoms with E-state index in [0.717, 1.165) is 32.1 Å². The summed E-state index contributed by atoms with van der Waals surface area (Å²) < 4.78 is 11.1. The number of amides is 1. The average molecular weight is 714 g/mol. The van der Waals surface area contributed by atoms with Gasteiger partial charge in [-0.2, -0.15) is 0 Å². The topological polar surface area (TPSA) is 169 Å². The van der Waals surface area contributed by atoms with Crippen molar-refractivity contribution in [2.75, 3.05) is 13.2 Å². The van der Waals surface area contributed by atoms with Crippen LogP contribution in [0.2, 0.25) is 0 Å². The fraction of sp³-hybridized carbons (Fsp3) is 0.875. The van der Waals surface area contributed by atoms with E-state index in [1.54, 1.807) is 6.08 Å². The summed E-state index contributed by atoms with van der Waals surface area (Å²) in [7, 11) is 0. The Morgan fingerprint density at radius 2 is 1.18 bits per heavy atom. The fourth-order valence-corrected chi connectivity index (χ4v) is 6.24. The average Bonchev–Trinajstić information content (AvgIpc) is 3.11.